The van der Waals surface area contributed by atoms with Crippen molar-refractivity contribution < 1.29 is 23.0 Å². The Morgan fingerprint density at radius 3 is 2.58 bits per heavy atom. The fourth-order valence-electron chi connectivity index (χ4n) is 5.10. The first kappa shape index (κ1) is 27.7. The third kappa shape index (κ3) is 5.42. The van der Waals surface area contributed by atoms with Crippen molar-refractivity contribution in [3.63, 3.8) is 0 Å². The lowest BCUT2D eigenvalue weighted by molar-refractivity contribution is 0.0659. The summed E-state index contributed by atoms with van der Waals surface area (Å²) in [6, 6.07) is 11.3. The summed E-state index contributed by atoms with van der Waals surface area (Å²) >= 11 is 0. The van der Waals surface area contributed by atoms with Crippen LogP contribution in [0.25, 0.3) is 11.3 Å². The number of fused-ring (bicyclic) bond motifs is 1. The van der Waals surface area contributed by atoms with Gasteiger partial charge in [0.1, 0.15) is 11.9 Å². The maximum Gasteiger partial charge on any atom is 0.260 e. The Hall–Kier alpha value is -3.37. The SMILES string of the molecule is COc1ccc(C2CC(C(F)F)n3nc(-c4ccc(C(=O)NC5CCNC5)cc4C)cc3N2)cc1OC.Cl. The highest BCUT2D eigenvalue weighted by Crippen LogP contribution is 2.41. The molecule has 5 rings (SSSR count). The largest absolute Gasteiger partial charge is 0.493 e. The van der Waals surface area contributed by atoms with Gasteiger partial charge in [0.2, 0.25) is 0 Å². The van der Waals surface area contributed by atoms with E-state index >= 15 is 0 Å². The van der Waals surface area contributed by atoms with Crippen LogP contribution in [0, 0.1) is 6.92 Å². The highest BCUT2D eigenvalue weighted by atomic mass is 35.5. The van der Waals surface area contributed by atoms with Crippen molar-refractivity contribution in [3.05, 3.63) is 59.2 Å². The number of hydrogen-bond donors (Lipinski definition) is 3. The number of alkyl halides is 2. The quantitative estimate of drug-likeness (QED) is 0.395. The fraction of sp³-hybridized carbons (Fsp3) is 0.407. The van der Waals surface area contributed by atoms with Crippen molar-refractivity contribution in [2.45, 2.75) is 44.3 Å². The number of rotatable bonds is 7. The van der Waals surface area contributed by atoms with Crippen molar-refractivity contribution >= 4 is 24.1 Å². The molecule has 38 heavy (non-hydrogen) atoms. The maximum absolute atomic E-state index is 14.2. The van der Waals surface area contributed by atoms with Gasteiger partial charge < -0.3 is 25.4 Å². The van der Waals surface area contributed by atoms with Crippen LogP contribution in [0.3, 0.4) is 0 Å². The molecule has 3 N–H and O–H groups in total. The van der Waals surface area contributed by atoms with E-state index in [0.29, 0.717) is 28.6 Å². The van der Waals surface area contributed by atoms with Crippen LogP contribution in [-0.2, 0) is 0 Å². The summed E-state index contributed by atoms with van der Waals surface area (Å²) in [5.74, 6) is 1.51. The molecule has 3 heterocycles. The number of hydrogen-bond acceptors (Lipinski definition) is 6. The average Bonchev–Trinajstić information content (AvgIpc) is 3.57. The predicted molar refractivity (Wildman–Crippen MR) is 144 cm³/mol. The van der Waals surface area contributed by atoms with Gasteiger partial charge >= 0.3 is 0 Å². The van der Waals surface area contributed by atoms with Gasteiger partial charge in [-0.2, -0.15) is 5.10 Å². The van der Waals surface area contributed by atoms with Crippen LogP contribution < -0.4 is 25.4 Å². The molecule has 1 aromatic heterocycles. The Kier molecular flexibility index (Phi) is 8.42. The summed E-state index contributed by atoms with van der Waals surface area (Å²) < 4.78 is 40.4. The summed E-state index contributed by atoms with van der Waals surface area (Å²) in [5, 5.41) is 14.2. The van der Waals surface area contributed by atoms with Crippen LogP contribution in [0.15, 0.2) is 42.5 Å². The van der Waals surface area contributed by atoms with Gasteiger partial charge in [0.15, 0.2) is 11.5 Å². The van der Waals surface area contributed by atoms with Gasteiger partial charge in [-0.25, -0.2) is 13.5 Å². The molecule has 3 unspecified atom stereocenters. The fourth-order valence-corrected chi connectivity index (χ4v) is 5.10. The first-order chi connectivity index (χ1) is 17.9. The third-order valence-electron chi connectivity index (χ3n) is 7.11. The number of anilines is 1. The Bertz CT molecular complexity index is 1300. The number of nitrogens with zero attached hydrogens (tertiary/aromatic N) is 2. The van der Waals surface area contributed by atoms with Crippen molar-refractivity contribution in [2.24, 2.45) is 0 Å². The normalized spacial score (nSPS) is 20.3. The minimum atomic E-state index is -2.59. The van der Waals surface area contributed by atoms with Crippen LogP contribution in [0.1, 0.15) is 46.4 Å². The third-order valence-corrected chi connectivity index (χ3v) is 7.11. The standard InChI is InChI=1S/C27H31F2N5O3.ClH/c1-15-10-17(27(35)31-18-8-9-30-14-18)4-6-19(15)21-13-25-32-20(12-22(26(28)29)34(25)33-21)16-5-7-23(36-2)24(11-16)37-3;/h4-7,10-11,13,18,20,22,26,30,32H,8-9,12,14H2,1-3H3,(H,31,35);1H. The lowest BCUT2D eigenvalue weighted by Crippen LogP contribution is -2.36. The summed E-state index contributed by atoms with van der Waals surface area (Å²) in [6.45, 7) is 3.56. The van der Waals surface area contributed by atoms with E-state index in [0.717, 1.165) is 36.2 Å². The smallest absolute Gasteiger partial charge is 0.260 e. The molecular weight excluding hydrogens is 516 g/mol. The van der Waals surface area contributed by atoms with Gasteiger partial charge in [-0.3, -0.25) is 4.79 Å². The minimum Gasteiger partial charge on any atom is -0.493 e. The second kappa shape index (κ2) is 11.6. The van der Waals surface area contributed by atoms with E-state index in [1.165, 1.54) is 4.68 Å². The number of carbonyl (C=O) groups excluding carboxylic acids is 1. The number of aryl methyl sites for hydroxylation is 1. The van der Waals surface area contributed by atoms with E-state index in [2.05, 4.69) is 21.0 Å². The molecule has 3 atom stereocenters. The molecule has 2 aliphatic heterocycles. The zero-order valence-electron chi connectivity index (χ0n) is 21.5. The molecule has 204 valence electrons. The first-order valence-electron chi connectivity index (χ1n) is 12.4. The highest BCUT2D eigenvalue weighted by Gasteiger charge is 2.35. The van der Waals surface area contributed by atoms with Crippen LogP contribution >= 0.6 is 12.4 Å². The molecular formula is C27H32ClF2N5O3. The Morgan fingerprint density at radius 2 is 1.92 bits per heavy atom. The Labute approximate surface area is 226 Å². The molecule has 1 fully saturated rings. The summed E-state index contributed by atoms with van der Waals surface area (Å²) in [4.78, 5) is 12.7. The molecule has 0 spiro atoms. The number of amides is 1. The molecule has 0 radical (unpaired) electrons. The van der Waals surface area contributed by atoms with E-state index in [-0.39, 0.29) is 36.8 Å². The Balaban J connectivity index is 0.00000336. The summed E-state index contributed by atoms with van der Waals surface area (Å²) in [5.41, 5.74) is 3.59. The van der Waals surface area contributed by atoms with Crippen molar-refractivity contribution in [1.29, 1.82) is 0 Å². The number of halogens is 3. The molecule has 0 bridgehead atoms. The number of carbonyl (C=O) groups is 1. The molecule has 1 saturated heterocycles. The number of methoxy groups -OCH3 is 2. The number of aromatic nitrogens is 2. The van der Waals surface area contributed by atoms with Crippen LogP contribution in [0.2, 0.25) is 0 Å². The maximum atomic E-state index is 14.2. The van der Waals surface area contributed by atoms with Gasteiger partial charge in [0, 0.05) is 29.8 Å². The van der Waals surface area contributed by atoms with E-state index in [9.17, 15) is 13.6 Å². The topological polar surface area (TPSA) is 89.4 Å². The molecule has 1 amide bonds. The molecule has 0 saturated carbocycles. The molecule has 0 aliphatic carbocycles. The van der Waals surface area contributed by atoms with Gasteiger partial charge in [0.25, 0.3) is 12.3 Å². The predicted octanol–water partition coefficient (Wildman–Crippen LogP) is 4.75. The zero-order chi connectivity index (χ0) is 26.1. The van der Waals surface area contributed by atoms with Crippen molar-refractivity contribution in [1.82, 2.24) is 20.4 Å². The average molecular weight is 548 g/mol. The van der Waals surface area contributed by atoms with Crippen LogP contribution in [0.4, 0.5) is 14.6 Å². The van der Waals surface area contributed by atoms with Gasteiger partial charge in [0.05, 0.1) is 26.0 Å². The van der Waals surface area contributed by atoms with Crippen molar-refractivity contribution in [3.8, 4) is 22.8 Å². The minimum absolute atomic E-state index is 0. The first-order valence-corrected chi connectivity index (χ1v) is 12.4. The van der Waals surface area contributed by atoms with E-state index in [1.807, 2.05) is 31.2 Å². The van der Waals surface area contributed by atoms with Gasteiger partial charge in [-0.15, -0.1) is 12.4 Å². The van der Waals surface area contributed by atoms with E-state index < -0.39 is 12.5 Å². The lowest BCUT2D eigenvalue weighted by atomic mass is 9.97. The van der Waals surface area contributed by atoms with Gasteiger partial charge in [-0.1, -0.05) is 12.1 Å². The van der Waals surface area contributed by atoms with E-state index in [1.54, 1.807) is 32.4 Å². The second-order valence-corrected chi connectivity index (χ2v) is 9.50. The van der Waals surface area contributed by atoms with E-state index in [4.69, 9.17) is 9.47 Å². The molecule has 2 aliphatic rings. The highest BCUT2D eigenvalue weighted by molar-refractivity contribution is 5.95. The van der Waals surface area contributed by atoms with Crippen molar-refractivity contribution in [2.75, 3.05) is 32.6 Å². The molecule has 2 aromatic carbocycles. The monoisotopic (exact) mass is 547 g/mol. The Morgan fingerprint density at radius 1 is 1.13 bits per heavy atom. The number of benzene rings is 2. The lowest BCUT2D eigenvalue weighted by Gasteiger charge is -2.32. The molecule has 11 heteroatoms. The number of nitrogens with one attached hydrogen (secondary N) is 3. The molecule has 3 aromatic rings. The zero-order valence-corrected chi connectivity index (χ0v) is 22.3. The summed E-state index contributed by atoms with van der Waals surface area (Å²) in [6.07, 6.45) is -1.52. The summed E-state index contributed by atoms with van der Waals surface area (Å²) in [7, 11) is 3.10. The van der Waals surface area contributed by atoms with Crippen LogP contribution in [-0.4, -0.2) is 55.5 Å². The van der Waals surface area contributed by atoms with Gasteiger partial charge in [-0.05, 0) is 61.7 Å². The number of ether oxygens (including phenoxy) is 2. The van der Waals surface area contributed by atoms with Crippen LogP contribution in [0.5, 0.6) is 11.5 Å². The second-order valence-electron chi connectivity index (χ2n) is 9.50. The molecule has 8 nitrogen and oxygen atoms in total.